The van der Waals surface area contributed by atoms with Gasteiger partial charge in [0, 0.05) is 39.1 Å². The highest BCUT2D eigenvalue weighted by atomic mass is 19.4. The van der Waals surface area contributed by atoms with Crippen LogP contribution >= 0.6 is 0 Å². The van der Waals surface area contributed by atoms with Gasteiger partial charge in [0.15, 0.2) is 0 Å². The average Bonchev–Trinajstić information content (AvgIpc) is 2.81. The molecule has 0 aromatic heterocycles. The second-order valence-corrected chi connectivity index (χ2v) is 9.10. The fraction of sp³-hybridized carbons (Fsp3) is 0.500. The maximum absolute atomic E-state index is 13.8. The lowest BCUT2D eigenvalue weighted by Crippen LogP contribution is -2.53. The first-order chi connectivity index (χ1) is 15.7. The van der Waals surface area contributed by atoms with Gasteiger partial charge in [-0.3, -0.25) is 4.79 Å². The Morgan fingerprint density at radius 1 is 1.03 bits per heavy atom. The highest BCUT2D eigenvalue weighted by Gasteiger charge is 2.45. The Morgan fingerprint density at radius 3 is 2.24 bits per heavy atom. The topological polar surface area (TPSA) is 38.8 Å². The number of ether oxygens (including phenoxy) is 2. The van der Waals surface area contributed by atoms with E-state index in [1.807, 2.05) is 32.0 Å². The van der Waals surface area contributed by atoms with Crippen molar-refractivity contribution < 1.29 is 27.4 Å². The minimum Gasteiger partial charge on any atom is -0.490 e. The molecule has 0 unspecified atom stereocenters. The summed E-state index contributed by atoms with van der Waals surface area (Å²) in [4.78, 5) is 15.6. The lowest BCUT2D eigenvalue weighted by molar-refractivity contribution is -0.144. The van der Waals surface area contributed by atoms with Crippen LogP contribution in [-0.2, 0) is 21.1 Å². The first-order valence-corrected chi connectivity index (χ1v) is 11.5. The third-order valence-electron chi connectivity index (χ3n) is 6.92. The molecule has 0 spiro atoms. The van der Waals surface area contributed by atoms with E-state index in [9.17, 15) is 18.0 Å². The van der Waals surface area contributed by atoms with E-state index in [2.05, 4.69) is 0 Å². The zero-order valence-corrected chi connectivity index (χ0v) is 19.1. The Hall–Kier alpha value is -2.54. The van der Waals surface area contributed by atoms with Crippen LogP contribution < -0.4 is 4.74 Å². The third-order valence-corrected chi connectivity index (χ3v) is 6.92. The molecule has 178 valence electrons. The number of aryl methyl sites for hydroxylation is 2. The van der Waals surface area contributed by atoms with Crippen molar-refractivity contribution in [2.24, 2.45) is 0 Å². The first-order valence-electron chi connectivity index (χ1n) is 11.5. The number of benzene rings is 2. The maximum Gasteiger partial charge on any atom is 0.416 e. The van der Waals surface area contributed by atoms with Crippen molar-refractivity contribution in [3.05, 3.63) is 64.7 Å². The van der Waals surface area contributed by atoms with Crippen LogP contribution in [0.1, 0.15) is 47.9 Å². The average molecular weight is 462 g/mol. The van der Waals surface area contributed by atoms with E-state index in [1.165, 1.54) is 6.07 Å². The molecule has 0 saturated carbocycles. The van der Waals surface area contributed by atoms with Crippen LogP contribution in [0.15, 0.2) is 42.5 Å². The first kappa shape index (κ1) is 23.6. The van der Waals surface area contributed by atoms with Gasteiger partial charge in [-0.1, -0.05) is 36.4 Å². The molecular weight excluding hydrogens is 431 g/mol. The van der Waals surface area contributed by atoms with Gasteiger partial charge in [0.2, 0.25) is 5.91 Å². The molecule has 2 aliphatic rings. The van der Waals surface area contributed by atoms with Gasteiger partial charge in [-0.05, 0) is 49.4 Å². The number of amides is 1. The molecule has 2 aromatic carbocycles. The molecule has 33 heavy (non-hydrogen) atoms. The van der Waals surface area contributed by atoms with Crippen molar-refractivity contribution in [3.63, 3.8) is 0 Å². The number of halogens is 3. The van der Waals surface area contributed by atoms with Crippen LogP contribution in [0.4, 0.5) is 13.2 Å². The molecule has 0 bridgehead atoms. The molecule has 0 radical (unpaired) electrons. The van der Waals surface area contributed by atoms with Crippen LogP contribution in [0.5, 0.6) is 5.75 Å². The van der Waals surface area contributed by atoms with E-state index in [1.54, 1.807) is 11.0 Å². The molecule has 1 amide bonds. The van der Waals surface area contributed by atoms with Crippen molar-refractivity contribution in [3.8, 4) is 5.75 Å². The summed E-state index contributed by atoms with van der Waals surface area (Å²) < 4.78 is 51.8. The van der Waals surface area contributed by atoms with Gasteiger partial charge in [0.25, 0.3) is 0 Å². The molecule has 2 fully saturated rings. The molecule has 2 aromatic rings. The summed E-state index contributed by atoms with van der Waals surface area (Å²) in [6.07, 6.45) is -2.30. The Kier molecular flexibility index (Phi) is 6.71. The van der Waals surface area contributed by atoms with Crippen molar-refractivity contribution >= 4 is 5.91 Å². The quantitative estimate of drug-likeness (QED) is 0.609. The van der Waals surface area contributed by atoms with Crippen LogP contribution in [0.2, 0.25) is 0 Å². The molecular formula is C26H30F3NO3. The Balaban J connectivity index is 1.51. The minimum atomic E-state index is -4.45. The summed E-state index contributed by atoms with van der Waals surface area (Å²) in [5, 5.41) is 0. The zero-order chi connectivity index (χ0) is 23.6. The number of para-hydroxylation sites is 1. The van der Waals surface area contributed by atoms with Crippen LogP contribution in [-0.4, -0.2) is 43.2 Å². The van der Waals surface area contributed by atoms with Crippen molar-refractivity contribution in [2.75, 3.05) is 26.3 Å². The molecule has 4 nitrogen and oxygen atoms in total. The predicted octanol–water partition coefficient (Wildman–Crippen LogP) is 5.44. The van der Waals surface area contributed by atoms with Gasteiger partial charge in [0.05, 0.1) is 11.0 Å². The van der Waals surface area contributed by atoms with Gasteiger partial charge in [0.1, 0.15) is 11.9 Å². The standard InChI is InChI=1S/C26H30F3NO3/c1-18-5-3-6-19(2)23(18)33-22-9-13-30(14-10-22)24(31)25(11-15-32-16-12-25)20-7-4-8-21(17-20)26(27,28)29/h3-8,17,22H,9-16H2,1-2H3. The van der Waals surface area contributed by atoms with E-state index in [0.29, 0.717) is 57.6 Å². The van der Waals surface area contributed by atoms with Gasteiger partial charge in [-0.25, -0.2) is 0 Å². The lowest BCUT2D eigenvalue weighted by Gasteiger charge is -2.42. The summed E-state index contributed by atoms with van der Waals surface area (Å²) in [6.45, 7) is 5.80. The number of likely N-dealkylation sites (tertiary alicyclic amines) is 1. The highest BCUT2D eigenvalue weighted by Crippen LogP contribution is 2.40. The fourth-order valence-corrected chi connectivity index (χ4v) is 4.97. The van der Waals surface area contributed by atoms with Crippen molar-refractivity contribution in [1.29, 1.82) is 0 Å². The number of carbonyl (C=O) groups excluding carboxylic acids is 1. The number of hydrogen-bond acceptors (Lipinski definition) is 3. The summed E-state index contributed by atoms with van der Waals surface area (Å²) in [6, 6.07) is 11.3. The van der Waals surface area contributed by atoms with Crippen molar-refractivity contribution in [2.45, 2.75) is 57.2 Å². The Bertz CT molecular complexity index is 970. The number of hydrogen-bond donors (Lipinski definition) is 0. The van der Waals surface area contributed by atoms with E-state index >= 15 is 0 Å². The lowest BCUT2D eigenvalue weighted by atomic mass is 9.72. The van der Waals surface area contributed by atoms with E-state index < -0.39 is 17.2 Å². The van der Waals surface area contributed by atoms with Crippen LogP contribution in [0, 0.1) is 13.8 Å². The van der Waals surface area contributed by atoms with Gasteiger partial charge >= 0.3 is 6.18 Å². The van der Waals surface area contributed by atoms with Crippen molar-refractivity contribution in [1.82, 2.24) is 4.90 Å². The molecule has 2 heterocycles. The number of nitrogens with zero attached hydrogens (tertiary/aromatic N) is 1. The Morgan fingerprint density at radius 2 is 1.64 bits per heavy atom. The predicted molar refractivity (Wildman–Crippen MR) is 119 cm³/mol. The molecule has 2 saturated heterocycles. The number of carbonyl (C=O) groups is 1. The summed E-state index contributed by atoms with van der Waals surface area (Å²) in [7, 11) is 0. The molecule has 0 aliphatic carbocycles. The molecule has 4 rings (SSSR count). The van der Waals surface area contributed by atoms with Gasteiger partial charge in [-0.2, -0.15) is 13.2 Å². The van der Waals surface area contributed by atoms with Crippen LogP contribution in [0.3, 0.4) is 0 Å². The Labute approximate surface area is 192 Å². The second kappa shape index (κ2) is 9.37. The number of rotatable bonds is 4. The SMILES string of the molecule is Cc1cccc(C)c1OC1CCN(C(=O)C2(c3cccc(C(F)(F)F)c3)CCOCC2)CC1. The molecule has 0 atom stereocenters. The fourth-order valence-electron chi connectivity index (χ4n) is 4.97. The van der Waals surface area contributed by atoms with Crippen LogP contribution in [0.25, 0.3) is 0 Å². The summed E-state index contributed by atoms with van der Waals surface area (Å²) in [5.74, 6) is 0.794. The second-order valence-electron chi connectivity index (χ2n) is 9.10. The third kappa shape index (κ3) is 4.88. The minimum absolute atomic E-state index is 0.00745. The highest BCUT2D eigenvalue weighted by molar-refractivity contribution is 5.88. The molecule has 7 heteroatoms. The van der Waals surface area contributed by atoms with Gasteiger partial charge < -0.3 is 14.4 Å². The molecule has 2 aliphatic heterocycles. The van der Waals surface area contributed by atoms with E-state index in [4.69, 9.17) is 9.47 Å². The smallest absolute Gasteiger partial charge is 0.416 e. The van der Waals surface area contributed by atoms with Gasteiger partial charge in [-0.15, -0.1) is 0 Å². The van der Waals surface area contributed by atoms with E-state index in [0.717, 1.165) is 29.0 Å². The number of piperidine rings is 1. The summed E-state index contributed by atoms with van der Waals surface area (Å²) in [5.41, 5.74) is 0.886. The normalized spacial score (nSPS) is 19.4. The monoisotopic (exact) mass is 461 g/mol. The largest absolute Gasteiger partial charge is 0.490 e. The summed E-state index contributed by atoms with van der Waals surface area (Å²) >= 11 is 0. The number of alkyl halides is 3. The zero-order valence-electron chi connectivity index (χ0n) is 19.1. The maximum atomic E-state index is 13.8. The van der Waals surface area contributed by atoms with E-state index in [-0.39, 0.29) is 12.0 Å². The molecule has 0 N–H and O–H groups in total.